The lowest BCUT2D eigenvalue weighted by Crippen LogP contribution is -2.49. The number of piperidine rings is 1. The van der Waals surface area contributed by atoms with E-state index in [4.69, 9.17) is 0 Å². The zero-order valence-corrected chi connectivity index (χ0v) is 14.6. The molecule has 6 nitrogen and oxygen atoms in total. The number of ether oxygens (including phenoxy) is 1. The Labute approximate surface area is 151 Å². The van der Waals surface area contributed by atoms with Gasteiger partial charge in [0.05, 0.1) is 6.04 Å². The number of hydrazine groups is 1. The van der Waals surface area contributed by atoms with Crippen LogP contribution < -0.4 is 26.2 Å². The van der Waals surface area contributed by atoms with E-state index in [0.29, 0.717) is 6.04 Å². The number of halogens is 3. The number of amides is 1. The zero-order chi connectivity index (χ0) is 17.1. The molecule has 3 rings (SSSR count). The van der Waals surface area contributed by atoms with Gasteiger partial charge in [-0.3, -0.25) is 10.2 Å². The highest BCUT2D eigenvalue weighted by Crippen LogP contribution is 2.22. The second-order valence-corrected chi connectivity index (χ2v) is 6.21. The number of hydrogen-bond donors (Lipinski definition) is 4. The largest absolute Gasteiger partial charge is 0.435 e. The fourth-order valence-corrected chi connectivity index (χ4v) is 3.30. The van der Waals surface area contributed by atoms with E-state index in [2.05, 4.69) is 26.2 Å². The smallest absolute Gasteiger partial charge is 0.387 e. The average molecular weight is 377 g/mol. The van der Waals surface area contributed by atoms with E-state index in [0.717, 1.165) is 25.1 Å². The fourth-order valence-electron chi connectivity index (χ4n) is 3.30. The standard InChI is InChI=1S/C16H22F2N4O2.ClH/c1-9(10-2-4-11(5-3-10)24-16(17)18)20-15(23)14-12-8-19-7-6-13(12)21-22-14;/h2-5,9,12-14,16,19,21-22H,6-8H2,1H3,(H,20,23);1H. The first kappa shape index (κ1) is 19.8. The molecule has 9 heteroatoms. The molecule has 2 aliphatic rings. The van der Waals surface area contributed by atoms with Gasteiger partial charge in [-0.2, -0.15) is 8.78 Å². The van der Waals surface area contributed by atoms with Crippen LogP contribution in [0.25, 0.3) is 0 Å². The molecular formula is C16H23ClF2N4O2. The summed E-state index contributed by atoms with van der Waals surface area (Å²) in [6, 6.07) is 6.09. The molecular weight excluding hydrogens is 354 g/mol. The summed E-state index contributed by atoms with van der Waals surface area (Å²) in [6.07, 6.45) is 0.989. The van der Waals surface area contributed by atoms with Gasteiger partial charge in [-0.15, -0.1) is 12.4 Å². The van der Waals surface area contributed by atoms with Crippen molar-refractivity contribution in [2.45, 2.75) is 38.1 Å². The van der Waals surface area contributed by atoms with Crippen molar-refractivity contribution in [3.8, 4) is 5.75 Å². The topological polar surface area (TPSA) is 74.4 Å². The monoisotopic (exact) mass is 376 g/mol. The summed E-state index contributed by atoms with van der Waals surface area (Å²) in [4.78, 5) is 12.5. The van der Waals surface area contributed by atoms with Gasteiger partial charge in [0.25, 0.3) is 0 Å². The van der Waals surface area contributed by atoms with Gasteiger partial charge in [0.15, 0.2) is 0 Å². The second kappa shape index (κ2) is 8.75. The van der Waals surface area contributed by atoms with Crippen molar-refractivity contribution in [3.05, 3.63) is 29.8 Å². The molecule has 1 aromatic carbocycles. The van der Waals surface area contributed by atoms with Gasteiger partial charge in [-0.1, -0.05) is 12.1 Å². The normalized spacial score (nSPS) is 26.5. The van der Waals surface area contributed by atoms with E-state index in [-0.39, 0.29) is 42.1 Å². The van der Waals surface area contributed by atoms with Crippen molar-refractivity contribution < 1.29 is 18.3 Å². The number of carbonyl (C=O) groups is 1. The van der Waals surface area contributed by atoms with Crippen LogP contribution in [0.2, 0.25) is 0 Å². The zero-order valence-electron chi connectivity index (χ0n) is 13.8. The molecule has 4 unspecified atom stereocenters. The Morgan fingerprint density at radius 1 is 1.28 bits per heavy atom. The average Bonchev–Trinajstić information content (AvgIpc) is 2.99. The van der Waals surface area contributed by atoms with Crippen molar-refractivity contribution in [3.63, 3.8) is 0 Å². The lowest BCUT2D eigenvalue weighted by Gasteiger charge is -2.28. The first-order chi connectivity index (χ1) is 11.5. The number of benzene rings is 1. The molecule has 2 fully saturated rings. The van der Waals surface area contributed by atoms with E-state index in [1.807, 2.05) is 6.92 Å². The van der Waals surface area contributed by atoms with Gasteiger partial charge in [-0.05, 0) is 37.6 Å². The Hall–Kier alpha value is -1.48. The van der Waals surface area contributed by atoms with Crippen LogP contribution in [0.15, 0.2) is 24.3 Å². The second-order valence-electron chi connectivity index (χ2n) is 6.21. The third kappa shape index (κ3) is 4.78. The van der Waals surface area contributed by atoms with E-state index in [1.54, 1.807) is 12.1 Å². The van der Waals surface area contributed by atoms with Gasteiger partial charge < -0.3 is 15.4 Å². The SMILES string of the molecule is CC(NC(=O)C1NNC2CCNCC21)c1ccc(OC(F)F)cc1.Cl. The summed E-state index contributed by atoms with van der Waals surface area (Å²) in [5.41, 5.74) is 7.10. The summed E-state index contributed by atoms with van der Waals surface area (Å²) in [5.74, 6) is 0.247. The van der Waals surface area contributed by atoms with Gasteiger partial charge >= 0.3 is 6.61 Å². The molecule has 4 N–H and O–H groups in total. The van der Waals surface area contributed by atoms with Crippen molar-refractivity contribution >= 4 is 18.3 Å². The molecule has 0 spiro atoms. The third-order valence-electron chi connectivity index (χ3n) is 4.63. The Kier molecular flexibility index (Phi) is 6.95. The van der Waals surface area contributed by atoms with Gasteiger partial charge in [0.2, 0.25) is 5.91 Å². The molecule has 1 amide bonds. The summed E-state index contributed by atoms with van der Waals surface area (Å²) in [7, 11) is 0. The summed E-state index contributed by atoms with van der Waals surface area (Å²) in [5, 5.41) is 6.29. The van der Waals surface area contributed by atoms with Crippen molar-refractivity contribution in [1.82, 2.24) is 21.5 Å². The lowest BCUT2D eigenvalue weighted by molar-refractivity contribution is -0.124. The van der Waals surface area contributed by atoms with Crippen LogP contribution in [0, 0.1) is 5.92 Å². The van der Waals surface area contributed by atoms with Gasteiger partial charge in [0.1, 0.15) is 11.8 Å². The Morgan fingerprint density at radius 3 is 2.68 bits per heavy atom. The molecule has 2 aliphatic heterocycles. The van der Waals surface area contributed by atoms with Crippen LogP contribution in [0.3, 0.4) is 0 Å². The van der Waals surface area contributed by atoms with Crippen LogP contribution in [-0.4, -0.2) is 37.7 Å². The maximum atomic E-state index is 12.5. The molecule has 1 aromatic rings. The maximum absolute atomic E-state index is 12.5. The minimum absolute atomic E-state index is 0. The maximum Gasteiger partial charge on any atom is 0.387 e. The number of nitrogens with one attached hydrogen (secondary N) is 4. The van der Waals surface area contributed by atoms with E-state index < -0.39 is 6.61 Å². The molecule has 0 saturated carbocycles. The minimum Gasteiger partial charge on any atom is -0.435 e. The highest BCUT2D eigenvalue weighted by Gasteiger charge is 2.41. The first-order valence-electron chi connectivity index (χ1n) is 8.11. The van der Waals surface area contributed by atoms with Gasteiger partial charge in [-0.25, -0.2) is 5.43 Å². The molecule has 140 valence electrons. The van der Waals surface area contributed by atoms with E-state index in [9.17, 15) is 13.6 Å². The number of carbonyl (C=O) groups excluding carboxylic acids is 1. The molecule has 25 heavy (non-hydrogen) atoms. The molecule has 0 aliphatic carbocycles. The predicted molar refractivity (Wildman–Crippen MR) is 91.7 cm³/mol. The molecule has 0 bridgehead atoms. The minimum atomic E-state index is -2.84. The molecule has 0 radical (unpaired) electrons. The van der Waals surface area contributed by atoms with Crippen LogP contribution in [0.1, 0.15) is 24.9 Å². The number of fused-ring (bicyclic) bond motifs is 1. The van der Waals surface area contributed by atoms with Crippen molar-refractivity contribution in [2.24, 2.45) is 5.92 Å². The molecule has 2 saturated heterocycles. The summed E-state index contributed by atoms with van der Waals surface area (Å²) in [6.45, 7) is 0.774. The fraction of sp³-hybridized carbons (Fsp3) is 0.562. The highest BCUT2D eigenvalue weighted by atomic mass is 35.5. The Balaban J connectivity index is 0.00000225. The van der Waals surface area contributed by atoms with Crippen LogP contribution in [-0.2, 0) is 4.79 Å². The van der Waals surface area contributed by atoms with E-state index in [1.165, 1.54) is 12.1 Å². The first-order valence-corrected chi connectivity index (χ1v) is 8.11. The number of alkyl halides is 2. The van der Waals surface area contributed by atoms with Gasteiger partial charge in [0, 0.05) is 18.5 Å². The summed E-state index contributed by atoms with van der Waals surface area (Å²) >= 11 is 0. The summed E-state index contributed by atoms with van der Waals surface area (Å²) < 4.78 is 28.7. The third-order valence-corrected chi connectivity index (χ3v) is 4.63. The van der Waals surface area contributed by atoms with E-state index >= 15 is 0 Å². The van der Waals surface area contributed by atoms with Crippen molar-refractivity contribution in [1.29, 1.82) is 0 Å². The van der Waals surface area contributed by atoms with Crippen LogP contribution >= 0.6 is 12.4 Å². The number of hydrogen-bond acceptors (Lipinski definition) is 5. The molecule has 2 heterocycles. The van der Waals surface area contributed by atoms with Crippen molar-refractivity contribution in [2.75, 3.05) is 13.1 Å². The number of rotatable bonds is 5. The van der Waals surface area contributed by atoms with Crippen LogP contribution in [0.5, 0.6) is 5.75 Å². The lowest BCUT2D eigenvalue weighted by atomic mass is 9.89. The predicted octanol–water partition coefficient (Wildman–Crippen LogP) is 1.34. The molecule has 4 atom stereocenters. The Bertz CT molecular complexity index is 576. The Morgan fingerprint density at radius 2 is 2.00 bits per heavy atom. The highest BCUT2D eigenvalue weighted by molar-refractivity contribution is 5.85. The molecule has 0 aromatic heterocycles. The van der Waals surface area contributed by atoms with Crippen LogP contribution in [0.4, 0.5) is 8.78 Å². The quantitative estimate of drug-likeness (QED) is 0.624.